The molecule has 3 heterocycles. The number of aromatic amines is 1. The largest absolute Gasteiger partial charge is 0.342 e. The number of carbonyl (C=O) groups excluding carboxylic acids is 1. The Morgan fingerprint density at radius 2 is 1.94 bits per heavy atom. The third-order valence-corrected chi connectivity index (χ3v) is 6.53. The first-order valence-corrected chi connectivity index (χ1v) is 10.4. The third-order valence-electron chi connectivity index (χ3n) is 6.53. The number of anilines is 1. The molecule has 2 aliphatic rings. The van der Waals surface area contributed by atoms with Crippen molar-refractivity contribution in [2.75, 3.05) is 5.32 Å². The number of hydrogen-bond donors (Lipinski definition) is 2. The maximum absolute atomic E-state index is 12.9. The summed E-state index contributed by atoms with van der Waals surface area (Å²) >= 11 is 0. The van der Waals surface area contributed by atoms with Crippen LogP contribution in [0.25, 0.3) is 11.0 Å². The fraction of sp³-hybridized carbons (Fsp3) is 0.200. The summed E-state index contributed by atoms with van der Waals surface area (Å²) in [6.07, 6.45) is 4.66. The molecule has 6 nitrogen and oxygen atoms in total. The minimum absolute atomic E-state index is 0.0364. The molecular formula is C25H19N5O. The first-order valence-electron chi connectivity index (χ1n) is 10.4. The van der Waals surface area contributed by atoms with Crippen LogP contribution in [0.5, 0.6) is 0 Å². The molecule has 1 unspecified atom stereocenters. The smallest absolute Gasteiger partial charge is 0.237 e. The maximum Gasteiger partial charge on any atom is 0.237 e. The van der Waals surface area contributed by atoms with Gasteiger partial charge in [-0.3, -0.25) is 4.79 Å². The second-order valence-electron chi connectivity index (χ2n) is 8.42. The molecule has 0 saturated carbocycles. The number of H-pyrrole nitrogens is 1. The van der Waals surface area contributed by atoms with Gasteiger partial charge in [0, 0.05) is 18.2 Å². The summed E-state index contributed by atoms with van der Waals surface area (Å²) in [5.74, 6) is 1.66. The predicted molar refractivity (Wildman–Crippen MR) is 117 cm³/mol. The molecule has 0 saturated heterocycles. The van der Waals surface area contributed by atoms with E-state index in [1.54, 1.807) is 6.20 Å². The van der Waals surface area contributed by atoms with E-state index in [1.165, 1.54) is 11.1 Å². The lowest BCUT2D eigenvalue weighted by molar-refractivity contribution is -0.120. The highest BCUT2D eigenvalue weighted by Crippen LogP contribution is 2.47. The second kappa shape index (κ2) is 6.51. The van der Waals surface area contributed by atoms with Crippen LogP contribution in [0.2, 0.25) is 0 Å². The van der Waals surface area contributed by atoms with E-state index in [-0.39, 0.29) is 5.91 Å². The van der Waals surface area contributed by atoms with Crippen molar-refractivity contribution in [1.29, 1.82) is 5.26 Å². The summed E-state index contributed by atoms with van der Waals surface area (Å²) in [6, 6.07) is 18.1. The van der Waals surface area contributed by atoms with Crippen molar-refractivity contribution < 1.29 is 4.79 Å². The number of imidazole rings is 1. The van der Waals surface area contributed by atoms with Crippen molar-refractivity contribution in [2.45, 2.75) is 31.1 Å². The molecule has 2 aromatic heterocycles. The Kier molecular flexibility index (Phi) is 3.75. The first kappa shape index (κ1) is 17.8. The molecular weight excluding hydrogens is 386 g/mol. The molecule has 2 N–H and O–H groups in total. The van der Waals surface area contributed by atoms with Gasteiger partial charge in [-0.25, -0.2) is 9.97 Å². The molecule has 6 rings (SSSR count). The van der Waals surface area contributed by atoms with E-state index in [9.17, 15) is 4.79 Å². The topological polar surface area (TPSA) is 94.5 Å². The van der Waals surface area contributed by atoms with Crippen LogP contribution in [0.1, 0.15) is 33.6 Å². The van der Waals surface area contributed by atoms with Crippen molar-refractivity contribution in [2.24, 2.45) is 0 Å². The Morgan fingerprint density at radius 3 is 2.81 bits per heavy atom. The summed E-state index contributed by atoms with van der Waals surface area (Å²) in [6.45, 7) is 0. The molecule has 1 amide bonds. The van der Waals surface area contributed by atoms with Crippen LogP contribution >= 0.6 is 0 Å². The van der Waals surface area contributed by atoms with Gasteiger partial charge in [0.05, 0.1) is 28.1 Å². The molecule has 1 aliphatic heterocycles. The third kappa shape index (κ3) is 2.74. The van der Waals surface area contributed by atoms with Crippen LogP contribution in [0.4, 0.5) is 5.82 Å². The van der Waals surface area contributed by atoms with Gasteiger partial charge < -0.3 is 10.3 Å². The van der Waals surface area contributed by atoms with Gasteiger partial charge in [-0.15, -0.1) is 0 Å². The molecule has 0 fully saturated rings. The lowest BCUT2D eigenvalue weighted by atomic mass is 9.79. The lowest BCUT2D eigenvalue weighted by Crippen LogP contribution is -2.35. The normalized spacial score (nSPS) is 15.6. The van der Waals surface area contributed by atoms with Gasteiger partial charge in [-0.2, -0.15) is 5.26 Å². The average molecular weight is 405 g/mol. The number of fused-ring (bicyclic) bond motifs is 4. The molecule has 1 spiro atoms. The Labute approximate surface area is 179 Å². The van der Waals surface area contributed by atoms with Gasteiger partial charge in [-0.05, 0) is 66.3 Å². The Balaban J connectivity index is 1.28. The van der Waals surface area contributed by atoms with Crippen molar-refractivity contribution in [1.82, 2.24) is 15.0 Å². The highest BCUT2D eigenvalue weighted by Gasteiger charge is 2.51. The molecule has 0 radical (unpaired) electrons. The zero-order valence-corrected chi connectivity index (χ0v) is 16.8. The number of nitrogens with one attached hydrogen (secondary N) is 2. The summed E-state index contributed by atoms with van der Waals surface area (Å²) in [5, 5.41) is 12.0. The Hall–Kier alpha value is -3.98. The summed E-state index contributed by atoms with van der Waals surface area (Å²) in [7, 11) is 0. The number of carbonyl (C=O) groups is 1. The van der Waals surface area contributed by atoms with E-state index in [4.69, 9.17) is 10.2 Å². The number of benzene rings is 2. The zero-order chi connectivity index (χ0) is 21.0. The van der Waals surface area contributed by atoms with Crippen LogP contribution < -0.4 is 5.32 Å². The number of nitrogens with zero attached hydrogens (tertiary/aromatic N) is 3. The van der Waals surface area contributed by atoms with Gasteiger partial charge in [0.15, 0.2) is 0 Å². The molecule has 1 atom stereocenters. The molecule has 31 heavy (non-hydrogen) atoms. The monoisotopic (exact) mass is 405 g/mol. The molecule has 6 heteroatoms. The van der Waals surface area contributed by atoms with E-state index in [1.807, 2.05) is 36.4 Å². The summed E-state index contributed by atoms with van der Waals surface area (Å²) in [4.78, 5) is 25.5. The minimum atomic E-state index is -0.556. The SMILES string of the molecule is N#Cc1cccc(CCc2nc3cc4c(cc3[nH]2)CC2(C4)C(=O)Nc3ncccc32)c1. The standard InChI is InChI=1S/C25H19N5O/c26-14-16-4-1-3-15(9-16)6-7-22-28-20-10-17-12-25(13-18(17)11-21(20)29-22)19-5-2-8-27-23(19)30-24(25)31/h1-5,8-11H,6-7,12-13H2,(H,28,29)(H,27,30,31). The van der Waals surface area contributed by atoms with Crippen LogP contribution in [0.3, 0.4) is 0 Å². The van der Waals surface area contributed by atoms with Crippen LogP contribution in [-0.2, 0) is 35.9 Å². The number of aryl methyl sites for hydroxylation is 2. The van der Waals surface area contributed by atoms with Crippen LogP contribution in [0, 0.1) is 11.3 Å². The van der Waals surface area contributed by atoms with E-state index < -0.39 is 5.41 Å². The van der Waals surface area contributed by atoms with Gasteiger partial charge in [-0.1, -0.05) is 18.2 Å². The number of aromatic nitrogens is 3. The predicted octanol–water partition coefficient (Wildman–Crippen LogP) is 3.60. The minimum Gasteiger partial charge on any atom is -0.342 e. The zero-order valence-electron chi connectivity index (χ0n) is 16.8. The summed E-state index contributed by atoms with van der Waals surface area (Å²) in [5.41, 5.74) is 6.55. The van der Waals surface area contributed by atoms with Crippen molar-refractivity contribution in [3.05, 3.63) is 88.4 Å². The molecule has 2 aromatic carbocycles. The molecule has 4 aromatic rings. The number of hydrogen-bond acceptors (Lipinski definition) is 4. The number of rotatable bonds is 3. The van der Waals surface area contributed by atoms with Crippen molar-refractivity contribution in [3.63, 3.8) is 0 Å². The number of pyridine rings is 1. The number of nitriles is 1. The lowest BCUT2D eigenvalue weighted by Gasteiger charge is -2.20. The van der Waals surface area contributed by atoms with E-state index in [0.29, 0.717) is 24.2 Å². The summed E-state index contributed by atoms with van der Waals surface area (Å²) < 4.78 is 0. The van der Waals surface area contributed by atoms with Gasteiger partial charge >= 0.3 is 0 Å². The van der Waals surface area contributed by atoms with E-state index >= 15 is 0 Å². The Bertz CT molecular complexity index is 1370. The van der Waals surface area contributed by atoms with E-state index in [2.05, 4.69) is 33.5 Å². The Morgan fingerprint density at radius 1 is 1.06 bits per heavy atom. The number of amides is 1. The van der Waals surface area contributed by atoms with Crippen LogP contribution in [-0.4, -0.2) is 20.9 Å². The van der Waals surface area contributed by atoms with Gasteiger partial charge in [0.25, 0.3) is 0 Å². The highest BCUT2D eigenvalue weighted by atomic mass is 16.2. The van der Waals surface area contributed by atoms with Crippen molar-refractivity contribution in [3.8, 4) is 6.07 Å². The highest BCUT2D eigenvalue weighted by molar-refractivity contribution is 6.06. The van der Waals surface area contributed by atoms with Gasteiger partial charge in [0.2, 0.25) is 5.91 Å². The maximum atomic E-state index is 12.9. The molecule has 150 valence electrons. The van der Waals surface area contributed by atoms with E-state index in [0.717, 1.165) is 40.8 Å². The fourth-order valence-electron chi connectivity index (χ4n) is 5.01. The average Bonchev–Trinajstić information content (AvgIpc) is 3.44. The van der Waals surface area contributed by atoms with Crippen molar-refractivity contribution >= 4 is 22.8 Å². The van der Waals surface area contributed by atoms with Gasteiger partial charge in [0.1, 0.15) is 11.6 Å². The molecule has 1 aliphatic carbocycles. The fourth-order valence-corrected chi connectivity index (χ4v) is 5.01. The quantitative estimate of drug-likeness (QED) is 0.544. The second-order valence-corrected chi connectivity index (χ2v) is 8.42. The molecule has 0 bridgehead atoms. The van der Waals surface area contributed by atoms with Crippen LogP contribution in [0.15, 0.2) is 54.7 Å². The first-order chi connectivity index (χ1) is 15.1.